The van der Waals surface area contributed by atoms with Crippen molar-refractivity contribution in [2.24, 2.45) is 0 Å². The maximum absolute atomic E-state index is 10.4. The van der Waals surface area contributed by atoms with Gasteiger partial charge in [0.05, 0.1) is 68.9 Å². The molecule has 12 rings (SSSR count). The van der Waals surface area contributed by atoms with Gasteiger partial charge in [0, 0.05) is 43.7 Å². The first kappa shape index (κ1) is 17.0. The van der Waals surface area contributed by atoms with Crippen LogP contribution in [0.1, 0.15) is 30.2 Å². The molecular weight excluding hydrogens is 691 g/mol. The summed E-state index contributed by atoms with van der Waals surface area (Å²) in [7, 11) is 0. The topological polar surface area (TPSA) is 14.8 Å². The van der Waals surface area contributed by atoms with Crippen molar-refractivity contribution in [3.8, 4) is 39.3 Å². The van der Waals surface area contributed by atoms with Crippen molar-refractivity contribution in [2.45, 2.75) is 0 Å². The number of nitrogens with zero attached hydrogens (tertiary/aromatic N) is 3. The third-order valence-electron chi connectivity index (χ3n) is 10.3. The number of aromatic nitrogens is 3. The second-order valence-corrected chi connectivity index (χ2v) is 13.3. The van der Waals surface area contributed by atoms with Gasteiger partial charge in [-0.15, -0.1) is 0 Å². The molecule has 57 heavy (non-hydrogen) atoms. The largest absolute Gasteiger partial charge is 0.309 e. The molecule has 12 aromatic rings. The average molecular weight is 748 g/mol. The van der Waals surface area contributed by atoms with Crippen LogP contribution in [-0.4, -0.2) is 13.7 Å². The molecule has 0 saturated carbocycles. The van der Waals surface area contributed by atoms with Gasteiger partial charge in [0.2, 0.25) is 0 Å². The zero-order valence-corrected chi connectivity index (χ0v) is 29.3. The number of fused-ring (bicyclic) bond motifs is 9. The highest BCUT2D eigenvalue weighted by Gasteiger charge is 2.21. The van der Waals surface area contributed by atoms with Crippen LogP contribution in [0.15, 0.2) is 212 Å². The molecule has 0 saturated heterocycles. The Labute approximate surface area is 360 Å². The minimum atomic E-state index is -0.923. The van der Waals surface area contributed by atoms with Gasteiger partial charge in [-0.2, -0.15) is 0 Å². The summed E-state index contributed by atoms with van der Waals surface area (Å²) in [6.07, 6.45) is 0. The molecule has 3 aromatic heterocycles. The number of hydrogen-bond donors (Lipinski definition) is 0. The van der Waals surface area contributed by atoms with Crippen molar-refractivity contribution in [3.05, 3.63) is 212 Å². The normalized spacial score (nSPS) is 17.3. The van der Waals surface area contributed by atoms with E-state index in [0.29, 0.717) is 0 Å². The van der Waals surface area contributed by atoms with E-state index in [4.69, 9.17) is 13.7 Å². The highest BCUT2D eigenvalue weighted by atomic mass is 15.1. The minimum Gasteiger partial charge on any atom is -0.309 e. The molecule has 0 radical (unpaired) electrons. The maximum Gasteiger partial charge on any atom is 0.0782 e. The molecule has 0 fully saturated rings. The van der Waals surface area contributed by atoms with Gasteiger partial charge in [-0.3, -0.25) is 0 Å². The third-order valence-corrected chi connectivity index (χ3v) is 10.3. The molecule has 3 nitrogen and oxygen atoms in total. The lowest BCUT2D eigenvalue weighted by Gasteiger charge is -2.15. The Balaban J connectivity index is 1.28. The summed E-state index contributed by atoms with van der Waals surface area (Å²) >= 11 is 0. The quantitative estimate of drug-likeness (QED) is 0.167. The fourth-order valence-electron chi connectivity index (χ4n) is 7.74. The lowest BCUT2D eigenvalue weighted by Crippen LogP contribution is -2.01. The molecule has 3 heterocycles. The Hall–Kier alpha value is -7.62. The van der Waals surface area contributed by atoms with Gasteiger partial charge < -0.3 is 13.7 Å². The molecule has 0 unspecified atom stereocenters. The Morgan fingerprint density at radius 1 is 0.298 bits per heavy atom. The molecule has 0 atom stereocenters. The van der Waals surface area contributed by atoms with Crippen LogP contribution in [0.4, 0.5) is 0 Å². The number of rotatable bonds is 5. The Bertz CT molecular complexity index is 4700. The zero-order chi connectivity index (χ0) is 56.6. The second kappa shape index (κ2) is 12.5. The highest BCUT2D eigenvalue weighted by Crippen LogP contribution is 2.41. The van der Waals surface area contributed by atoms with Crippen LogP contribution in [0.5, 0.6) is 0 Å². The van der Waals surface area contributed by atoms with Crippen LogP contribution < -0.4 is 0 Å². The van der Waals surface area contributed by atoms with Crippen LogP contribution in [0.25, 0.3) is 105 Å². The predicted octanol–water partition coefficient (Wildman–Crippen LogP) is 14.3. The lowest BCUT2D eigenvalue weighted by molar-refractivity contribution is 1.13. The SMILES string of the molecule is [2H]c1c([2H])c([2H])c2c(c1[2H])c1c([2H])c([2H])c(-n3c4c([2H])c([2H])c([2H])c([2H])c4c4c([2H])c([2H])c([2H])c(-n5c6c([2H])c([2H])c([2H])c([2H])c6c6c([2H])c([2H])c([2H])c([2H])c65)c43)c([2H])c1n2-c1ccc(-c2ccc(-c3ccccc3)cc2)cc1. The summed E-state index contributed by atoms with van der Waals surface area (Å²) in [5, 5.41) is -2.39. The van der Waals surface area contributed by atoms with Gasteiger partial charge in [0.1, 0.15) is 0 Å². The first-order valence-corrected chi connectivity index (χ1v) is 17.8. The molecule has 3 heteroatoms. The Morgan fingerprint density at radius 3 is 1.32 bits per heavy atom. The fraction of sp³-hybridized carbons (Fsp3) is 0. The molecule has 0 spiro atoms. The van der Waals surface area contributed by atoms with E-state index >= 15 is 0 Å². The number of para-hydroxylation sites is 5. The van der Waals surface area contributed by atoms with Crippen molar-refractivity contribution in [1.82, 2.24) is 13.7 Å². The van der Waals surface area contributed by atoms with Gasteiger partial charge in [0.25, 0.3) is 0 Å². The summed E-state index contributed by atoms with van der Waals surface area (Å²) in [6, 6.07) is 7.06. The van der Waals surface area contributed by atoms with Crippen molar-refractivity contribution >= 4 is 65.4 Å². The Morgan fingerprint density at radius 2 is 0.737 bits per heavy atom. The first-order valence-electron chi connectivity index (χ1n) is 28.8. The molecule has 9 aromatic carbocycles. The van der Waals surface area contributed by atoms with E-state index in [1.807, 2.05) is 54.6 Å². The molecular formula is C54H35N3. The Kier molecular flexibility index (Phi) is 3.72. The minimum absolute atomic E-state index is 0.196. The van der Waals surface area contributed by atoms with E-state index in [0.717, 1.165) is 31.4 Å². The summed E-state index contributed by atoms with van der Waals surface area (Å²) in [5.74, 6) is 0. The molecule has 0 bridgehead atoms. The van der Waals surface area contributed by atoms with Gasteiger partial charge >= 0.3 is 0 Å². The summed E-state index contributed by atoms with van der Waals surface area (Å²) in [4.78, 5) is 0. The van der Waals surface area contributed by atoms with Crippen LogP contribution in [0, 0.1) is 0 Å². The average Bonchev–Trinajstić information content (AvgIpc) is 3.67. The zero-order valence-electron chi connectivity index (χ0n) is 51.3. The van der Waals surface area contributed by atoms with E-state index in [9.17, 15) is 16.4 Å². The molecule has 266 valence electrons. The fourth-order valence-corrected chi connectivity index (χ4v) is 7.74. The van der Waals surface area contributed by atoms with Crippen LogP contribution in [0.2, 0.25) is 0 Å². The molecule has 0 aliphatic carbocycles. The highest BCUT2D eigenvalue weighted by molar-refractivity contribution is 6.16. The van der Waals surface area contributed by atoms with Crippen LogP contribution in [-0.2, 0) is 0 Å². The third kappa shape index (κ3) is 4.79. The predicted molar refractivity (Wildman–Crippen MR) is 240 cm³/mol. The van der Waals surface area contributed by atoms with Crippen LogP contribution >= 0.6 is 0 Å². The van der Waals surface area contributed by atoms with E-state index in [-0.39, 0.29) is 27.5 Å². The van der Waals surface area contributed by atoms with E-state index in [2.05, 4.69) is 0 Å². The van der Waals surface area contributed by atoms with Crippen molar-refractivity contribution in [1.29, 1.82) is 0 Å². The van der Waals surface area contributed by atoms with Gasteiger partial charge in [-0.25, -0.2) is 0 Å². The standard InChI is InChI=1S/C54H35N3/c1-2-13-36(14-3-1)37-25-27-38(28-26-37)39-29-31-40(32-30-39)55-48-20-8-4-17-44(48)46-34-33-41(35-53(46)55)56-49-21-9-7-18-45(49)47-19-12-24-52(54(47)56)57-50-22-10-5-15-42(50)43-16-6-11-23-51(43)57/h1-35H/i4D,5D,6D,7D,8D,9D,10D,11D,12D,15D,16D,17D,18D,19D,20D,21D,22D,23D,24D,33D,34D,35D. The van der Waals surface area contributed by atoms with E-state index in [1.165, 1.54) is 4.57 Å². The number of hydrogen-bond acceptors (Lipinski definition) is 0. The molecule has 0 amide bonds. The number of benzene rings is 9. The summed E-state index contributed by atoms with van der Waals surface area (Å²) in [5.41, 5.74) is -0.288. The van der Waals surface area contributed by atoms with Crippen molar-refractivity contribution in [2.75, 3.05) is 0 Å². The maximum atomic E-state index is 10.4. The van der Waals surface area contributed by atoms with Gasteiger partial charge in [-0.1, -0.05) is 157 Å². The van der Waals surface area contributed by atoms with E-state index < -0.39 is 188 Å². The van der Waals surface area contributed by atoms with Crippen molar-refractivity contribution < 1.29 is 30.2 Å². The van der Waals surface area contributed by atoms with Gasteiger partial charge in [-0.05, 0) is 76.7 Å². The monoisotopic (exact) mass is 747 g/mol. The van der Waals surface area contributed by atoms with E-state index in [1.54, 1.807) is 24.3 Å². The molecule has 0 N–H and O–H groups in total. The first-order chi connectivity index (χ1) is 37.5. The van der Waals surface area contributed by atoms with Crippen molar-refractivity contribution in [3.63, 3.8) is 0 Å². The lowest BCUT2D eigenvalue weighted by atomic mass is 10.0. The summed E-state index contributed by atoms with van der Waals surface area (Å²) < 4.78 is 206. The second-order valence-electron chi connectivity index (χ2n) is 13.3. The molecule has 0 aliphatic rings. The van der Waals surface area contributed by atoms with Gasteiger partial charge in [0.15, 0.2) is 0 Å². The summed E-state index contributed by atoms with van der Waals surface area (Å²) in [6.45, 7) is 0. The van der Waals surface area contributed by atoms with Crippen LogP contribution in [0.3, 0.4) is 0 Å². The molecule has 0 aliphatic heterocycles. The smallest absolute Gasteiger partial charge is 0.0782 e.